The van der Waals surface area contributed by atoms with E-state index in [0.29, 0.717) is 12.0 Å². The van der Waals surface area contributed by atoms with Crippen molar-refractivity contribution in [2.24, 2.45) is 0 Å². The van der Waals surface area contributed by atoms with Crippen LogP contribution in [0.2, 0.25) is 0 Å². The molecular formula is C36H34O8. The number of carbonyl (C=O) groups excluding carboxylic acids is 4. The van der Waals surface area contributed by atoms with Gasteiger partial charge in [-0.15, -0.1) is 0 Å². The lowest BCUT2D eigenvalue weighted by molar-refractivity contribution is 0.0489. The van der Waals surface area contributed by atoms with Gasteiger partial charge in [0.1, 0.15) is 0 Å². The summed E-state index contributed by atoms with van der Waals surface area (Å²) in [5.41, 5.74) is -1.000. The van der Waals surface area contributed by atoms with Crippen LogP contribution in [0.1, 0.15) is 97.2 Å². The van der Waals surface area contributed by atoms with Gasteiger partial charge in [0.15, 0.2) is 23.1 Å². The molecule has 0 atom stereocenters. The van der Waals surface area contributed by atoms with Gasteiger partial charge >= 0.3 is 11.9 Å². The summed E-state index contributed by atoms with van der Waals surface area (Å²) in [4.78, 5) is 55.1. The minimum Gasteiger partial charge on any atom is -0.504 e. The summed E-state index contributed by atoms with van der Waals surface area (Å²) in [7, 11) is 0. The van der Waals surface area contributed by atoms with Crippen molar-refractivity contribution in [1.82, 2.24) is 0 Å². The molecule has 0 spiro atoms. The van der Waals surface area contributed by atoms with Crippen molar-refractivity contribution in [2.45, 2.75) is 46.0 Å². The van der Waals surface area contributed by atoms with Gasteiger partial charge in [-0.25, -0.2) is 9.59 Å². The van der Waals surface area contributed by atoms with Crippen molar-refractivity contribution in [1.29, 1.82) is 0 Å². The van der Waals surface area contributed by atoms with Gasteiger partial charge in [-0.05, 0) is 31.0 Å². The van der Waals surface area contributed by atoms with Crippen LogP contribution in [-0.4, -0.2) is 40.3 Å². The Hall–Kier alpha value is -5.24. The number of phenolic OH excluding ortho intramolecular Hbond substituents is 2. The molecule has 44 heavy (non-hydrogen) atoms. The molecular weight excluding hydrogens is 560 g/mol. The lowest BCUT2D eigenvalue weighted by Gasteiger charge is -2.20. The number of benzene rings is 4. The lowest BCUT2D eigenvalue weighted by Crippen LogP contribution is -2.22. The highest BCUT2D eigenvalue weighted by atomic mass is 16.5. The molecule has 8 nitrogen and oxygen atoms in total. The predicted octanol–water partition coefficient (Wildman–Crippen LogP) is 7.21. The van der Waals surface area contributed by atoms with E-state index in [4.69, 9.17) is 9.47 Å². The van der Waals surface area contributed by atoms with Crippen molar-refractivity contribution in [3.8, 4) is 17.2 Å². The van der Waals surface area contributed by atoms with Gasteiger partial charge in [0.25, 0.3) is 0 Å². The Morgan fingerprint density at radius 1 is 0.614 bits per heavy atom. The largest absolute Gasteiger partial charge is 0.504 e. The Labute approximate surface area is 255 Å². The molecule has 4 rings (SSSR count). The molecule has 4 aromatic carbocycles. The van der Waals surface area contributed by atoms with Gasteiger partial charge in [-0.2, -0.15) is 0 Å². The minimum absolute atomic E-state index is 0.0136. The third-order valence-electron chi connectivity index (χ3n) is 7.17. The summed E-state index contributed by atoms with van der Waals surface area (Å²) >= 11 is 0. The molecule has 0 fully saturated rings. The normalized spacial score (nSPS) is 10.7. The van der Waals surface area contributed by atoms with Crippen molar-refractivity contribution >= 4 is 23.5 Å². The zero-order valence-electron chi connectivity index (χ0n) is 24.7. The molecule has 0 aliphatic rings. The number of rotatable bonds is 13. The van der Waals surface area contributed by atoms with Crippen LogP contribution in [0.25, 0.3) is 0 Å². The van der Waals surface area contributed by atoms with Gasteiger partial charge < -0.3 is 19.7 Å². The van der Waals surface area contributed by atoms with E-state index >= 15 is 0 Å². The van der Waals surface area contributed by atoms with Gasteiger partial charge in [0.05, 0.1) is 28.9 Å². The number of aromatic hydroxyl groups is 2. The molecule has 4 aromatic rings. The number of ether oxygens (including phenoxy) is 2. The smallest absolute Gasteiger partial charge is 0.343 e. The maximum Gasteiger partial charge on any atom is 0.343 e. The van der Waals surface area contributed by atoms with Crippen LogP contribution in [-0.2, 0) is 4.74 Å². The van der Waals surface area contributed by atoms with Crippen LogP contribution in [0.5, 0.6) is 17.2 Å². The van der Waals surface area contributed by atoms with Crippen molar-refractivity contribution < 1.29 is 38.9 Å². The molecule has 0 bridgehead atoms. The Morgan fingerprint density at radius 2 is 1.20 bits per heavy atom. The summed E-state index contributed by atoms with van der Waals surface area (Å²) < 4.78 is 11.1. The Bertz CT molecular complexity index is 1660. The summed E-state index contributed by atoms with van der Waals surface area (Å²) in [5.74, 6) is -6.52. The lowest BCUT2D eigenvalue weighted by atomic mass is 9.87. The van der Waals surface area contributed by atoms with E-state index in [1.807, 2.05) is 0 Å². The third-order valence-corrected chi connectivity index (χ3v) is 7.17. The van der Waals surface area contributed by atoms with Crippen LogP contribution in [0.3, 0.4) is 0 Å². The number of ketones is 2. The van der Waals surface area contributed by atoms with E-state index in [-0.39, 0.29) is 23.3 Å². The van der Waals surface area contributed by atoms with Gasteiger partial charge in [-0.1, -0.05) is 105 Å². The predicted molar refractivity (Wildman–Crippen MR) is 165 cm³/mol. The van der Waals surface area contributed by atoms with Gasteiger partial charge in [0.2, 0.25) is 5.75 Å². The Balaban J connectivity index is 1.95. The highest BCUT2D eigenvalue weighted by molar-refractivity contribution is 6.24. The second-order valence-corrected chi connectivity index (χ2v) is 10.3. The summed E-state index contributed by atoms with van der Waals surface area (Å²) in [5, 5.41) is 22.5. The molecule has 2 N–H and O–H groups in total. The molecule has 8 heteroatoms. The second kappa shape index (κ2) is 14.8. The molecule has 0 aliphatic heterocycles. The molecule has 0 saturated carbocycles. The SMILES string of the molecule is CCCCCCCOC(=O)c1c(C(=O)c2ccccc2)c(O)c(O)c(OC(=O)c2ccccc2)c1C(=O)c1ccccc1C. The standard InChI is InChI=1S/C36H34O8/c1-3-4-5-6-15-22-43-36(42)27-28(30(37)24-17-9-7-10-18-24)32(39)33(40)34(44-35(41)25-19-11-8-12-20-25)29(27)31(38)26-21-14-13-16-23(26)2/h7-14,16-21,39-40H,3-6,15,22H2,1-2H3. The first-order valence-corrected chi connectivity index (χ1v) is 14.5. The number of unbranched alkanes of at least 4 members (excludes halogenated alkanes) is 4. The Kier molecular flexibility index (Phi) is 10.6. The van der Waals surface area contributed by atoms with Crippen LogP contribution in [0, 0.1) is 6.92 Å². The molecule has 0 amide bonds. The fraction of sp³-hybridized carbons (Fsp3) is 0.222. The highest BCUT2D eigenvalue weighted by Gasteiger charge is 2.37. The second-order valence-electron chi connectivity index (χ2n) is 10.3. The fourth-order valence-corrected chi connectivity index (χ4v) is 4.81. The summed E-state index contributed by atoms with van der Waals surface area (Å²) in [6, 6.07) is 22.1. The van der Waals surface area contributed by atoms with E-state index in [1.54, 1.807) is 61.5 Å². The van der Waals surface area contributed by atoms with Crippen LogP contribution in [0.15, 0.2) is 84.9 Å². The maximum absolute atomic E-state index is 14.3. The van der Waals surface area contributed by atoms with Gasteiger partial charge in [0, 0.05) is 11.1 Å². The maximum atomic E-state index is 14.3. The molecule has 0 heterocycles. The van der Waals surface area contributed by atoms with E-state index in [1.165, 1.54) is 30.3 Å². The number of hydrogen-bond donors (Lipinski definition) is 2. The number of esters is 2. The first-order chi connectivity index (χ1) is 21.3. The van der Waals surface area contributed by atoms with Crippen molar-refractivity contribution in [3.05, 3.63) is 124 Å². The van der Waals surface area contributed by atoms with Crippen LogP contribution < -0.4 is 4.74 Å². The number of hydrogen-bond acceptors (Lipinski definition) is 8. The van der Waals surface area contributed by atoms with Crippen molar-refractivity contribution in [3.63, 3.8) is 0 Å². The average molecular weight is 595 g/mol. The molecule has 0 radical (unpaired) electrons. The topological polar surface area (TPSA) is 127 Å². The van der Waals surface area contributed by atoms with E-state index in [0.717, 1.165) is 25.7 Å². The third kappa shape index (κ3) is 7.03. The summed E-state index contributed by atoms with van der Waals surface area (Å²) in [6.45, 7) is 3.74. The zero-order valence-corrected chi connectivity index (χ0v) is 24.7. The monoisotopic (exact) mass is 594 g/mol. The van der Waals surface area contributed by atoms with Crippen molar-refractivity contribution in [2.75, 3.05) is 6.61 Å². The molecule has 0 aliphatic carbocycles. The van der Waals surface area contributed by atoms with E-state index in [9.17, 15) is 29.4 Å². The average Bonchev–Trinajstić information content (AvgIpc) is 3.05. The Morgan fingerprint density at radius 3 is 1.84 bits per heavy atom. The van der Waals surface area contributed by atoms with Crippen LogP contribution in [0.4, 0.5) is 0 Å². The van der Waals surface area contributed by atoms with E-state index < -0.39 is 57.4 Å². The zero-order chi connectivity index (χ0) is 31.6. The molecule has 226 valence electrons. The van der Waals surface area contributed by atoms with Gasteiger partial charge in [-0.3, -0.25) is 9.59 Å². The number of carbonyl (C=O) groups is 4. The number of phenols is 2. The van der Waals surface area contributed by atoms with Crippen LogP contribution >= 0.6 is 0 Å². The minimum atomic E-state index is -1.08. The fourth-order valence-electron chi connectivity index (χ4n) is 4.81. The van der Waals surface area contributed by atoms with E-state index in [2.05, 4.69) is 6.92 Å². The quantitative estimate of drug-likeness (QED) is 0.0546. The summed E-state index contributed by atoms with van der Waals surface area (Å²) in [6.07, 6.45) is 4.34. The first kappa shape index (κ1) is 31.7. The first-order valence-electron chi connectivity index (χ1n) is 14.5. The molecule has 0 unspecified atom stereocenters. The highest BCUT2D eigenvalue weighted by Crippen LogP contribution is 2.46. The molecule has 0 aromatic heterocycles. The molecule has 0 saturated heterocycles. The number of aryl methyl sites for hydroxylation is 1.